The Morgan fingerprint density at radius 3 is 2.44 bits per heavy atom. The summed E-state index contributed by atoms with van der Waals surface area (Å²) < 4.78 is 42.0. The molecule has 0 atom stereocenters. The maximum absolute atomic E-state index is 12.9. The number of hydrogen-bond acceptors (Lipinski definition) is 8. The van der Waals surface area contributed by atoms with Crippen molar-refractivity contribution in [3.8, 4) is 11.5 Å². The van der Waals surface area contributed by atoms with Gasteiger partial charge in [0.05, 0.1) is 38.3 Å². The SMILES string of the molecule is COC(=O)c1c(NC(=O)CN(C)S(=O)(=O)c2ccc(OC)c(OC)c2)sc2c1CCCC2. The zero-order valence-corrected chi connectivity index (χ0v) is 20.0. The predicted octanol–water partition coefficient (Wildman–Crippen LogP) is 2.69. The van der Waals surface area contributed by atoms with E-state index in [-0.39, 0.29) is 10.6 Å². The summed E-state index contributed by atoms with van der Waals surface area (Å²) in [5, 5.41) is 3.10. The van der Waals surface area contributed by atoms with E-state index in [9.17, 15) is 18.0 Å². The standard InChI is InChI=1S/C21H26N2O7S2/c1-23(32(26,27)13-9-10-15(28-2)16(11-13)29-3)12-18(24)22-20-19(21(25)30-4)14-7-5-6-8-17(14)31-20/h9-11H,5-8,12H2,1-4H3,(H,22,24). The maximum Gasteiger partial charge on any atom is 0.341 e. The number of likely N-dealkylation sites (N-methyl/N-ethyl adjacent to an activating group) is 1. The summed E-state index contributed by atoms with van der Waals surface area (Å²) in [6.07, 6.45) is 3.58. The van der Waals surface area contributed by atoms with Gasteiger partial charge in [0.2, 0.25) is 15.9 Å². The summed E-state index contributed by atoms with van der Waals surface area (Å²) in [4.78, 5) is 26.0. The number of hydrogen-bond donors (Lipinski definition) is 1. The molecule has 1 heterocycles. The lowest BCUT2D eigenvalue weighted by Crippen LogP contribution is -2.35. The van der Waals surface area contributed by atoms with Crippen molar-refractivity contribution in [1.82, 2.24) is 4.31 Å². The summed E-state index contributed by atoms with van der Waals surface area (Å²) in [5.41, 5.74) is 1.28. The highest BCUT2D eigenvalue weighted by Crippen LogP contribution is 2.38. The van der Waals surface area contributed by atoms with Gasteiger partial charge in [-0.3, -0.25) is 4.79 Å². The van der Waals surface area contributed by atoms with Crippen LogP contribution in [-0.4, -0.2) is 59.5 Å². The van der Waals surface area contributed by atoms with Gasteiger partial charge >= 0.3 is 5.97 Å². The van der Waals surface area contributed by atoms with Crippen LogP contribution in [-0.2, 0) is 32.4 Å². The third kappa shape index (κ3) is 4.74. The van der Waals surface area contributed by atoms with Crippen molar-refractivity contribution in [3.63, 3.8) is 0 Å². The van der Waals surface area contributed by atoms with Crippen molar-refractivity contribution in [2.24, 2.45) is 0 Å². The van der Waals surface area contributed by atoms with Crippen LogP contribution < -0.4 is 14.8 Å². The van der Waals surface area contributed by atoms with E-state index in [1.165, 1.54) is 57.9 Å². The molecule has 1 aromatic heterocycles. The number of aryl methyl sites for hydroxylation is 1. The van der Waals surface area contributed by atoms with E-state index in [1.54, 1.807) is 0 Å². The predicted molar refractivity (Wildman–Crippen MR) is 120 cm³/mol. The largest absolute Gasteiger partial charge is 0.493 e. The van der Waals surface area contributed by atoms with E-state index >= 15 is 0 Å². The number of carbonyl (C=O) groups is 2. The van der Waals surface area contributed by atoms with E-state index in [1.807, 2.05) is 0 Å². The quantitative estimate of drug-likeness (QED) is 0.576. The molecule has 0 aliphatic heterocycles. The van der Waals surface area contributed by atoms with Gasteiger partial charge in [-0.2, -0.15) is 4.31 Å². The molecule has 0 saturated carbocycles. The number of anilines is 1. The Balaban J connectivity index is 1.79. The van der Waals surface area contributed by atoms with Gasteiger partial charge in [-0.1, -0.05) is 0 Å². The first-order chi connectivity index (χ1) is 15.2. The second-order valence-corrected chi connectivity index (χ2v) is 10.4. The molecule has 1 aliphatic carbocycles. The molecule has 32 heavy (non-hydrogen) atoms. The van der Waals surface area contributed by atoms with Gasteiger partial charge in [-0.25, -0.2) is 13.2 Å². The molecule has 2 aromatic rings. The third-order valence-electron chi connectivity index (χ3n) is 5.24. The molecule has 9 nitrogen and oxygen atoms in total. The average Bonchev–Trinajstić information content (AvgIpc) is 3.15. The zero-order chi connectivity index (χ0) is 23.5. The lowest BCUT2D eigenvalue weighted by atomic mass is 9.95. The highest BCUT2D eigenvalue weighted by molar-refractivity contribution is 7.89. The van der Waals surface area contributed by atoms with Crippen molar-refractivity contribution in [1.29, 1.82) is 0 Å². The van der Waals surface area contributed by atoms with Crippen LogP contribution in [0.4, 0.5) is 5.00 Å². The van der Waals surface area contributed by atoms with Crippen molar-refractivity contribution in [3.05, 3.63) is 34.2 Å². The summed E-state index contributed by atoms with van der Waals surface area (Å²) in [6, 6.07) is 4.21. The Morgan fingerprint density at radius 2 is 1.78 bits per heavy atom. The molecule has 11 heteroatoms. The number of rotatable bonds is 8. The molecule has 3 rings (SSSR count). The topological polar surface area (TPSA) is 111 Å². The molecule has 0 saturated heterocycles. The maximum atomic E-state index is 12.9. The van der Waals surface area contributed by atoms with Crippen molar-refractivity contribution in [2.75, 3.05) is 40.2 Å². The van der Waals surface area contributed by atoms with E-state index in [0.29, 0.717) is 16.3 Å². The summed E-state index contributed by atoms with van der Waals surface area (Å²) in [7, 11) is 1.50. The monoisotopic (exact) mass is 482 g/mol. The first-order valence-electron chi connectivity index (χ1n) is 9.94. The minimum Gasteiger partial charge on any atom is -0.493 e. The average molecular weight is 483 g/mol. The fourth-order valence-corrected chi connectivity index (χ4v) is 6.02. The zero-order valence-electron chi connectivity index (χ0n) is 18.4. The van der Waals surface area contributed by atoms with Crippen LogP contribution in [0.25, 0.3) is 0 Å². The van der Waals surface area contributed by atoms with E-state index in [0.717, 1.165) is 40.4 Å². The lowest BCUT2D eigenvalue weighted by molar-refractivity contribution is -0.116. The van der Waals surface area contributed by atoms with Crippen molar-refractivity contribution < 1.29 is 32.2 Å². The number of thiophene rings is 1. The van der Waals surface area contributed by atoms with Gasteiger partial charge < -0.3 is 19.5 Å². The third-order valence-corrected chi connectivity index (χ3v) is 8.25. The van der Waals surface area contributed by atoms with E-state index in [4.69, 9.17) is 14.2 Å². The van der Waals surface area contributed by atoms with E-state index in [2.05, 4.69) is 5.32 Å². The number of nitrogens with zero attached hydrogens (tertiary/aromatic N) is 1. The number of esters is 1. The Bertz CT molecular complexity index is 1130. The minimum absolute atomic E-state index is 0.0349. The Hall–Kier alpha value is -2.63. The molecule has 0 bridgehead atoms. The summed E-state index contributed by atoms with van der Waals surface area (Å²) in [6.45, 7) is -0.431. The Morgan fingerprint density at radius 1 is 1.09 bits per heavy atom. The van der Waals surface area contributed by atoms with Crippen LogP contribution in [0.3, 0.4) is 0 Å². The molecule has 0 fully saturated rings. The number of amides is 1. The molecule has 1 amide bonds. The molecule has 1 aromatic carbocycles. The van der Waals surface area contributed by atoms with Crippen LogP contribution in [0.1, 0.15) is 33.6 Å². The number of fused-ring (bicyclic) bond motifs is 1. The lowest BCUT2D eigenvalue weighted by Gasteiger charge is -2.18. The minimum atomic E-state index is -3.97. The van der Waals surface area contributed by atoms with Gasteiger partial charge in [0.25, 0.3) is 0 Å². The number of benzene rings is 1. The molecule has 0 radical (unpaired) electrons. The Labute approximate surface area is 191 Å². The number of methoxy groups -OCH3 is 3. The second kappa shape index (κ2) is 9.88. The molecule has 0 spiro atoms. The van der Waals surface area contributed by atoms with Crippen molar-refractivity contribution in [2.45, 2.75) is 30.6 Å². The molecular weight excluding hydrogens is 456 g/mol. The fraction of sp³-hybridized carbons (Fsp3) is 0.429. The van der Waals surface area contributed by atoms with Crippen molar-refractivity contribution >= 4 is 38.2 Å². The van der Waals surface area contributed by atoms with E-state index < -0.39 is 28.4 Å². The number of nitrogens with one attached hydrogen (secondary N) is 1. The van der Waals surface area contributed by atoms with Crippen LogP contribution >= 0.6 is 11.3 Å². The van der Waals surface area contributed by atoms with Gasteiger partial charge in [-0.05, 0) is 43.4 Å². The normalized spacial score (nSPS) is 13.4. The van der Waals surface area contributed by atoms with Gasteiger partial charge in [0.1, 0.15) is 5.00 Å². The Kier molecular flexibility index (Phi) is 7.42. The van der Waals surface area contributed by atoms with Crippen LogP contribution in [0.5, 0.6) is 11.5 Å². The first-order valence-corrected chi connectivity index (χ1v) is 12.2. The first kappa shape index (κ1) is 24.0. The highest BCUT2D eigenvalue weighted by Gasteiger charge is 2.29. The summed E-state index contributed by atoms with van der Waals surface area (Å²) >= 11 is 1.34. The smallest absolute Gasteiger partial charge is 0.341 e. The molecule has 174 valence electrons. The van der Waals surface area contributed by atoms with Gasteiger partial charge in [-0.15, -0.1) is 11.3 Å². The number of ether oxygens (including phenoxy) is 3. The number of sulfonamides is 1. The van der Waals surface area contributed by atoms with Gasteiger partial charge in [0.15, 0.2) is 11.5 Å². The summed E-state index contributed by atoms with van der Waals surface area (Å²) in [5.74, 6) is -0.409. The molecule has 1 N–H and O–H groups in total. The van der Waals surface area contributed by atoms with Crippen LogP contribution in [0.15, 0.2) is 23.1 Å². The van der Waals surface area contributed by atoms with Crippen LogP contribution in [0, 0.1) is 0 Å². The second-order valence-electron chi connectivity index (χ2n) is 7.23. The molecular formula is C21H26N2O7S2. The van der Waals surface area contributed by atoms with Crippen LogP contribution in [0.2, 0.25) is 0 Å². The molecule has 1 aliphatic rings. The fourth-order valence-electron chi connectivity index (χ4n) is 3.58. The molecule has 0 unspecified atom stereocenters. The highest BCUT2D eigenvalue weighted by atomic mass is 32.2. The van der Waals surface area contributed by atoms with Gasteiger partial charge in [0, 0.05) is 18.0 Å². The number of carbonyl (C=O) groups excluding carboxylic acids is 2.